The molecule has 0 bridgehead atoms. The van der Waals surface area contributed by atoms with E-state index in [4.69, 9.17) is 16.1 Å². The topological polar surface area (TPSA) is 54.2 Å². The van der Waals surface area contributed by atoms with Crippen molar-refractivity contribution in [1.29, 1.82) is 0 Å². The van der Waals surface area contributed by atoms with Gasteiger partial charge in [0.05, 0.1) is 6.04 Å². The number of nitrogens with zero attached hydrogens (tertiary/aromatic N) is 3. The fourth-order valence-corrected chi connectivity index (χ4v) is 2.78. The SMILES string of the molecule is CC(c1nc(Cc2cccc(Cl)c2)no1)N1CCNCC1. The Hall–Kier alpha value is -1.43. The zero-order chi connectivity index (χ0) is 14.7. The minimum atomic E-state index is 0.160. The lowest BCUT2D eigenvalue weighted by Gasteiger charge is -2.30. The van der Waals surface area contributed by atoms with Gasteiger partial charge in [-0.2, -0.15) is 4.98 Å². The van der Waals surface area contributed by atoms with Crippen LogP contribution in [0.3, 0.4) is 0 Å². The molecule has 0 spiro atoms. The first-order valence-electron chi connectivity index (χ1n) is 7.24. The summed E-state index contributed by atoms with van der Waals surface area (Å²) in [6.45, 7) is 6.14. The average Bonchev–Trinajstić information content (AvgIpc) is 2.96. The van der Waals surface area contributed by atoms with E-state index in [0.29, 0.717) is 18.1 Å². The quantitative estimate of drug-likeness (QED) is 0.939. The Morgan fingerprint density at radius 1 is 1.38 bits per heavy atom. The van der Waals surface area contributed by atoms with E-state index in [-0.39, 0.29) is 6.04 Å². The summed E-state index contributed by atoms with van der Waals surface area (Å²) in [6, 6.07) is 7.90. The molecular formula is C15H19ClN4O. The third-order valence-corrected chi connectivity index (χ3v) is 4.03. The lowest BCUT2D eigenvalue weighted by molar-refractivity contribution is 0.154. The Balaban J connectivity index is 1.68. The molecule has 2 heterocycles. The zero-order valence-electron chi connectivity index (χ0n) is 12.1. The number of aromatic nitrogens is 2. The van der Waals surface area contributed by atoms with E-state index in [9.17, 15) is 0 Å². The Kier molecular flexibility index (Phi) is 4.53. The van der Waals surface area contributed by atoms with Crippen molar-refractivity contribution in [3.63, 3.8) is 0 Å². The van der Waals surface area contributed by atoms with Gasteiger partial charge in [-0.25, -0.2) is 0 Å². The largest absolute Gasteiger partial charge is 0.338 e. The lowest BCUT2D eigenvalue weighted by Crippen LogP contribution is -2.44. The van der Waals surface area contributed by atoms with Crippen LogP contribution in [0.5, 0.6) is 0 Å². The normalized spacial score (nSPS) is 17.8. The number of halogens is 1. The first kappa shape index (κ1) is 14.5. The lowest BCUT2D eigenvalue weighted by atomic mass is 10.1. The van der Waals surface area contributed by atoms with Crippen molar-refractivity contribution >= 4 is 11.6 Å². The highest BCUT2D eigenvalue weighted by Crippen LogP contribution is 2.20. The maximum absolute atomic E-state index is 5.99. The van der Waals surface area contributed by atoms with Gasteiger partial charge in [0, 0.05) is 37.6 Å². The molecule has 3 rings (SSSR count). The summed E-state index contributed by atoms with van der Waals surface area (Å²) in [5.74, 6) is 1.39. The molecule has 1 saturated heterocycles. The smallest absolute Gasteiger partial charge is 0.243 e. The van der Waals surface area contributed by atoms with Crippen molar-refractivity contribution in [3.05, 3.63) is 46.6 Å². The molecule has 1 fully saturated rings. The van der Waals surface area contributed by atoms with E-state index >= 15 is 0 Å². The second-order valence-corrected chi connectivity index (χ2v) is 5.75. The fourth-order valence-electron chi connectivity index (χ4n) is 2.56. The monoisotopic (exact) mass is 306 g/mol. The molecule has 1 aromatic heterocycles. The molecule has 2 aromatic rings. The summed E-state index contributed by atoms with van der Waals surface area (Å²) in [6.07, 6.45) is 0.637. The highest BCUT2D eigenvalue weighted by Gasteiger charge is 2.22. The summed E-state index contributed by atoms with van der Waals surface area (Å²) in [4.78, 5) is 6.88. The maximum atomic E-state index is 5.99. The molecule has 0 aliphatic carbocycles. The number of piperazine rings is 1. The van der Waals surface area contributed by atoms with Gasteiger partial charge < -0.3 is 9.84 Å². The Bertz CT molecular complexity index is 595. The molecule has 1 atom stereocenters. The van der Waals surface area contributed by atoms with Gasteiger partial charge in [-0.1, -0.05) is 28.9 Å². The first-order chi connectivity index (χ1) is 10.2. The second kappa shape index (κ2) is 6.56. The molecule has 1 N–H and O–H groups in total. The molecule has 1 unspecified atom stereocenters. The van der Waals surface area contributed by atoms with Crippen LogP contribution in [0.4, 0.5) is 0 Å². The summed E-state index contributed by atoms with van der Waals surface area (Å²) >= 11 is 5.99. The number of nitrogens with one attached hydrogen (secondary N) is 1. The predicted octanol–water partition coefficient (Wildman–Crippen LogP) is 2.28. The molecule has 1 aliphatic rings. The third kappa shape index (κ3) is 3.61. The van der Waals surface area contributed by atoms with Gasteiger partial charge in [-0.3, -0.25) is 4.90 Å². The Morgan fingerprint density at radius 2 is 2.19 bits per heavy atom. The zero-order valence-corrected chi connectivity index (χ0v) is 12.8. The van der Waals surface area contributed by atoms with Crippen LogP contribution in [0.15, 0.2) is 28.8 Å². The van der Waals surface area contributed by atoms with Gasteiger partial charge in [-0.15, -0.1) is 0 Å². The molecule has 0 amide bonds. The Labute approximate surface area is 129 Å². The van der Waals surface area contributed by atoms with Gasteiger partial charge in [0.1, 0.15) is 0 Å². The molecule has 5 nitrogen and oxygen atoms in total. The van der Waals surface area contributed by atoms with Crippen LogP contribution in [0, 0.1) is 0 Å². The molecule has 0 radical (unpaired) electrons. The molecule has 1 aromatic carbocycles. The molecule has 112 valence electrons. The van der Waals surface area contributed by atoms with Crippen LogP contribution in [-0.2, 0) is 6.42 Å². The van der Waals surface area contributed by atoms with E-state index < -0.39 is 0 Å². The number of hydrogen-bond donors (Lipinski definition) is 1. The van der Waals surface area contributed by atoms with Crippen molar-refractivity contribution in [2.24, 2.45) is 0 Å². The molecule has 0 saturated carbocycles. The molecule has 1 aliphatic heterocycles. The number of benzene rings is 1. The summed E-state index contributed by atoms with van der Waals surface area (Å²) in [7, 11) is 0. The highest BCUT2D eigenvalue weighted by molar-refractivity contribution is 6.30. The van der Waals surface area contributed by atoms with Crippen LogP contribution in [0.2, 0.25) is 5.02 Å². The van der Waals surface area contributed by atoms with E-state index in [1.807, 2.05) is 24.3 Å². The van der Waals surface area contributed by atoms with Gasteiger partial charge in [0.15, 0.2) is 5.82 Å². The van der Waals surface area contributed by atoms with Crippen molar-refractivity contribution < 1.29 is 4.52 Å². The van der Waals surface area contributed by atoms with Crippen molar-refractivity contribution in [2.75, 3.05) is 26.2 Å². The van der Waals surface area contributed by atoms with Crippen LogP contribution in [-0.4, -0.2) is 41.2 Å². The van der Waals surface area contributed by atoms with Crippen molar-refractivity contribution in [1.82, 2.24) is 20.4 Å². The fraction of sp³-hybridized carbons (Fsp3) is 0.467. The van der Waals surface area contributed by atoms with Crippen LogP contribution >= 0.6 is 11.6 Å². The maximum Gasteiger partial charge on any atom is 0.243 e. The minimum Gasteiger partial charge on any atom is -0.338 e. The van der Waals surface area contributed by atoms with E-state index in [1.54, 1.807) is 0 Å². The summed E-state index contributed by atoms with van der Waals surface area (Å²) < 4.78 is 5.43. The van der Waals surface area contributed by atoms with Crippen molar-refractivity contribution in [3.8, 4) is 0 Å². The van der Waals surface area contributed by atoms with E-state index in [1.165, 1.54) is 0 Å². The number of hydrogen-bond acceptors (Lipinski definition) is 5. The highest BCUT2D eigenvalue weighted by atomic mass is 35.5. The molecular weight excluding hydrogens is 288 g/mol. The standard InChI is InChI=1S/C15H19ClN4O/c1-11(20-7-5-17-6-8-20)15-18-14(19-21-15)10-12-3-2-4-13(16)9-12/h2-4,9,11,17H,5-8,10H2,1H3. The Morgan fingerprint density at radius 3 is 2.95 bits per heavy atom. The third-order valence-electron chi connectivity index (χ3n) is 3.79. The van der Waals surface area contributed by atoms with E-state index in [0.717, 1.165) is 36.8 Å². The van der Waals surface area contributed by atoms with Gasteiger partial charge in [-0.05, 0) is 24.6 Å². The van der Waals surface area contributed by atoms with Gasteiger partial charge >= 0.3 is 0 Å². The second-order valence-electron chi connectivity index (χ2n) is 5.32. The number of rotatable bonds is 4. The summed E-state index contributed by atoms with van der Waals surface area (Å²) in [5.41, 5.74) is 1.09. The summed E-state index contributed by atoms with van der Waals surface area (Å²) in [5, 5.41) is 8.16. The predicted molar refractivity (Wildman–Crippen MR) is 81.4 cm³/mol. The van der Waals surface area contributed by atoms with E-state index in [2.05, 4.69) is 27.3 Å². The first-order valence-corrected chi connectivity index (χ1v) is 7.62. The van der Waals surface area contributed by atoms with Crippen LogP contribution in [0.25, 0.3) is 0 Å². The molecule has 6 heteroatoms. The van der Waals surface area contributed by atoms with Crippen molar-refractivity contribution in [2.45, 2.75) is 19.4 Å². The minimum absolute atomic E-state index is 0.160. The molecule has 21 heavy (non-hydrogen) atoms. The van der Waals surface area contributed by atoms with Crippen LogP contribution in [0.1, 0.15) is 30.2 Å². The van der Waals surface area contributed by atoms with Gasteiger partial charge in [0.25, 0.3) is 0 Å². The average molecular weight is 307 g/mol. The van der Waals surface area contributed by atoms with Gasteiger partial charge in [0.2, 0.25) is 5.89 Å². The van der Waals surface area contributed by atoms with Crippen LogP contribution < -0.4 is 5.32 Å².